The lowest BCUT2D eigenvalue weighted by Crippen LogP contribution is -2.09. The number of nitrogens with zero attached hydrogens (tertiary/aromatic N) is 2. The standard InChI is InChI=1S/C16H16ClF3N2O3/c1-3-24-8-25-13-5-10(16(18,19)20)4-9(2)14(13)11-6-21-12(7-23)15(17)22-11/h4-6,23H,3,7-8H2,1-2H3. The molecule has 0 bridgehead atoms. The van der Waals surface area contributed by atoms with Crippen molar-refractivity contribution in [1.82, 2.24) is 9.97 Å². The number of halogens is 4. The fraction of sp³-hybridized carbons (Fsp3) is 0.375. The van der Waals surface area contributed by atoms with Crippen LogP contribution >= 0.6 is 11.6 Å². The number of hydrogen-bond acceptors (Lipinski definition) is 5. The molecule has 1 N–H and O–H groups in total. The highest BCUT2D eigenvalue weighted by atomic mass is 35.5. The fourth-order valence-electron chi connectivity index (χ4n) is 2.17. The molecule has 0 fully saturated rings. The van der Waals surface area contributed by atoms with Crippen molar-refractivity contribution < 1.29 is 27.8 Å². The monoisotopic (exact) mass is 376 g/mol. The maximum atomic E-state index is 13.1. The Morgan fingerprint density at radius 2 is 2.00 bits per heavy atom. The van der Waals surface area contributed by atoms with E-state index in [1.165, 1.54) is 13.1 Å². The third-order valence-corrected chi connectivity index (χ3v) is 3.64. The molecule has 25 heavy (non-hydrogen) atoms. The maximum Gasteiger partial charge on any atom is 0.416 e. The Kier molecular flexibility index (Phi) is 6.21. The van der Waals surface area contributed by atoms with Crippen LogP contribution < -0.4 is 4.74 Å². The molecule has 1 aromatic heterocycles. The molecular formula is C16H16ClF3N2O3. The zero-order chi connectivity index (χ0) is 18.6. The van der Waals surface area contributed by atoms with Gasteiger partial charge < -0.3 is 14.6 Å². The van der Waals surface area contributed by atoms with E-state index in [2.05, 4.69) is 9.97 Å². The summed E-state index contributed by atoms with van der Waals surface area (Å²) >= 11 is 5.94. The van der Waals surface area contributed by atoms with Gasteiger partial charge in [-0.2, -0.15) is 13.2 Å². The quantitative estimate of drug-likeness (QED) is 0.610. The Morgan fingerprint density at radius 1 is 1.28 bits per heavy atom. The smallest absolute Gasteiger partial charge is 0.416 e. The molecule has 2 aromatic rings. The van der Waals surface area contributed by atoms with Crippen LogP contribution in [0.15, 0.2) is 18.3 Å². The summed E-state index contributed by atoms with van der Waals surface area (Å²) in [6.07, 6.45) is -3.20. The molecule has 0 saturated carbocycles. The highest BCUT2D eigenvalue weighted by Gasteiger charge is 2.32. The first-order chi connectivity index (χ1) is 11.8. The molecule has 0 amide bonds. The summed E-state index contributed by atoms with van der Waals surface area (Å²) in [4.78, 5) is 8.07. The molecule has 0 aliphatic carbocycles. The second-order valence-corrected chi connectivity index (χ2v) is 5.43. The average molecular weight is 377 g/mol. The van der Waals surface area contributed by atoms with Crippen LogP contribution in [0.2, 0.25) is 5.15 Å². The number of aliphatic hydroxyl groups is 1. The van der Waals surface area contributed by atoms with E-state index >= 15 is 0 Å². The summed E-state index contributed by atoms with van der Waals surface area (Å²) in [5, 5.41) is 9.07. The van der Waals surface area contributed by atoms with Gasteiger partial charge in [0.1, 0.15) is 11.4 Å². The van der Waals surface area contributed by atoms with Gasteiger partial charge in [-0.05, 0) is 31.5 Å². The maximum absolute atomic E-state index is 13.1. The zero-order valence-electron chi connectivity index (χ0n) is 13.5. The van der Waals surface area contributed by atoms with Crippen LogP contribution in [0.3, 0.4) is 0 Å². The number of alkyl halides is 3. The lowest BCUT2D eigenvalue weighted by atomic mass is 10.0. The molecule has 0 spiro atoms. The summed E-state index contributed by atoms with van der Waals surface area (Å²) in [6.45, 7) is 2.99. The van der Waals surface area contributed by atoms with E-state index in [1.807, 2.05) is 0 Å². The number of aryl methyl sites for hydroxylation is 1. The van der Waals surface area contributed by atoms with Crippen LogP contribution in [0.1, 0.15) is 23.7 Å². The number of rotatable bonds is 6. The molecule has 0 atom stereocenters. The normalized spacial score (nSPS) is 11.6. The molecule has 1 aromatic carbocycles. The van der Waals surface area contributed by atoms with Crippen molar-refractivity contribution in [3.8, 4) is 17.0 Å². The molecule has 0 unspecified atom stereocenters. The third-order valence-electron chi connectivity index (χ3n) is 3.33. The van der Waals surface area contributed by atoms with E-state index in [9.17, 15) is 13.2 Å². The van der Waals surface area contributed by atoms with Crippen LogP contribution in [0.25, 0.3) is 11.3 Å². The summed E-state index contributed by atoms with van der Waals surface area (Å²) < 4.78 is 49.6. The molecule has 0 saturated heterocycles. The minimum atomic E-state index is -4.52. The number of aromatic nitrogens is 2. The van der Waals surface area contributed by atoms with Gasteiger partial charge in [-0.15, -0.1) is 0 Å². The van der Waals surface area contributed by atoms with Gasteiger partial charge >= 0.3 is 6.18 Å². The van der Waals surface area contributed by atoms with Gasteiger partial charge in [0, 0.05) is 12.2 Å². The largest absolute Gasteiger partial charge is 0.467 e. The summed E-state index contributed by atoms with van der Waals surface area (Å²) in [5.41, 5.74) is 0.188. The van der Waals surface area contributed by atoms with Crippen molar-refractivity contribution in [3.05, 3.63) is 40.3 Å². The first-order valence-electron chi connectivity index (χ1n) is 7.33. The molecule has 2 rings (SSSR count). The van der Waals surface area contributed by atoms with Crippen molar-refractivity contribution in [2.24, 2.45) is 0 Å². The predicted octanol–water partition coefficient (Wildman–Crippen LogP) is 3.99. The molecule has 0 radical (unpaired) electrons. The summed E-state index contributed by atoms with van der Waals surface area (Å²) in [6, 6.07) is 1.88. The van der Waals surface area contributed by atoms with Crippen molar-refractivity contribution in [3.63, 3.8) is 0 Å². The first-order valence-corrected chi connectivity index (χ1v) is 7.70. The SMILES string of the molecule is CCOCOc1cc(C(F)(F)F)cc(C)c1-c1cnc(CO)c(Cl)n1. The van der Waals surface area contributed by atoms with Gasteiger partial charge in [0.2, 0.25) is 0 Å². The lowest BCUT2D eigenvalue weighted by molar-refractivity contribution is -0.137. The second-order valence-electron chi connectivity index (χ2n) is 5.07. The van der Waals surface area contributed by atoms with Gasteiger partial charge in [-0.25, -0.2) is 4.98 Å². The van der Waals surface area contributed by atoms with Gasteiger partial charge in [0.25, 0.3) is 0 Å². The van der Waals surface area contributed by atoms with Crippen molar-refractivity contribution >= 4 is 11.6 Å². The summed E-state index contributed by atoms with van der Waals surface area (Å²) in [5.74, 6) is -0.0390. The first kappa shape index (κ1) is 19.4. The lowest BCUT2D eigenvalue weighted by Gasteiger charge is -2.17. The van der Waals surface area contributed by atoms with Crippen LogP contribution in [0, 0.1) is 6.92 Å². The molecule has 0 aliphatic rings. The van der Waals surface area contributed by atoms with Crippen molar-refractivity contribution in [1.29, 1.82) is 0 Å². The van der Waals surface area contributed by atoms with Crippen LogP contribution in [-0.4, -0.2) is 28.5 Å². The number of hydrogen-bond donors (Lipinski definition) is 1. The van der Waals surface area contributed by atoms with E-state index in [1.54, 1.807) is 6.92 Å². The topological polar surface area (TPSA) is 64.5 Å². The zero-order valence-corrected chi connectivity index (χ0v) is 14.3. The average Bonchev–Trinajstić information content (AvgIpc) is 2.54. The van der Waals surface area contributed by atoms with E-state index in [0.29, 0.717) is 17.7 Å². The van der Waals surface area contributed by atoms with Crippen molar-refractivity contribution in [2.75, 3.05) is 13.4 Å². The van der Waals surface area contributed by atoms with Crippen LogP contribution in [0.4, 0.5) is 13.2 Å². The highest BCUT2D eigenvalue weighted by molar-refractivity contribution is 6.30. The second kappa shape index (κ2) is 7.99. The Labute approximate surface area is 147 Å². The van der Waals surface area contributed by atoms with Gasteiger partial charge in [-0.3, -0.25) is 4.98 Å². The van der Waals surface area contributed by atoms with E-state index in [0.717, 1.165) is 12.1 Å². The minimum Gasteiger partial charge on any atom is -0.467 e. The molecule has 136 valence electrons. The molecule has 0 aliphatic heterocycles. The van der Waals surface area contributed by atoms with Crippen LogP contribution in [-0.2, 0) is 17.5 Å². The Morgan fingerprint density at radius 3 is 2.56 bits per heavy atom. The predicted molar refractivity (Wildman–Crippen MR) is 85.3 cm³/mol. The highest BCUT2D eigenvalue weighted by Crippen LogP contribution is 2.39. The summed E-state index contributed by atoms with van der Waals surface area (Å²) in [7, 11) is 0. The Hall–Kier alpha value is -1.90. The fourth-order valence-corrected chi connectivity index (χ4v) is 2.37. The number of ether oxygens (including phenoxy) is 2. The number of aliphatic hydroxyl groups excluding tert-OH is 1. The Bertz CT molecular complexity index is 754. The van der Waals surface area contributed by atoms with E-state index in [4.69, 9.17) is 26.2 Å². The van der Waals surface area contributed by atoms with E-state index < -0.39 is 18.3 Å². The molecular weight excluding hydrogens is 361 g/mol. The van der Waals surface area contributed by atoms with Gasteiger partial charge in [-0.1, -0.05) is 11.6 Å². The molecule has 5 nitrogen and oxygen atoms in total. The number of benzene rings is 1. The van der Waals surface area contributed by atoms with E-state index in [-0.39, 0.29) is 29.1 Å². The minimum absolute atomic E-state index is 0.0324. The molecule has 9 heteroatoms. The third kappa shape index (κ3) is 4.59. The van der Waals surface area contributed by atoms with Crippen molar-refractivity contribution in [2.45, 2.75) is 26.6 Å². The van der Waals surface area contributed by atoms with Gasteiger partial charge in [0.15, 0.2) is 11.9 Å². The Balaban J connectivity index is 2.56. The van der Waals surface area contributed by atoms with Gasteiger partial charge in [0.05, 0.1) is 24.1 Å². The van der Waals surface area contributed by atoms with Crippen LogP contribution in [0.5, 0.6) is 5.75 Å². The molecule has 1 heterocycles.